The molecule has 0 radical (unpaired) electrons. The maximum Gasteiger partial charge on any atom is 0.333 e. The molecule has 0 bridgehead atoms. The van der Waals surface area contributed by atoms with Crippen LogP contribution in [0.1, 0.15) is 27.2 Å². The molecular formula is C19H25N3O. The Kier molecular flexibility index (Phi) is 5.27. The Morgan fingerprint density at radius 1 is 1.17 bits per heavy atom. The minimum Gasteiger partial charge on any atom is -0.388 e. The normalized spacial score (nSPS) is 12.1. The largest absolute Gasteiger partial charge is 0.388 e. The highest BCUT2D eigenvalue weighted by Gasteiger charge is 2.13. The van der Waals surface area contributed by atoms with Crippen LogP contribution in [0.15, 0.2) is 58.6 Å². The lowest BCUT2D eigenvalue weighted by Crippen LogP contribution is -2.21. The van der Waals surface area contributed by atoms with Crippen LogP contribution in [0.4, 0.5) is 0 Å². The van der Waals surface area contributed by atoms with Crippen LogP contribution >= 0.6 is 0 Å². The summed E-state index contributed by atoms with van der Waals surface area (Å²) in [6.45, 7) is 6.15. The van der Waals surface area contributed by atoms with Gasteiger partial charge in [-0.15, -0.1) is 0 Å². The molecule has 1 heterocycles. The maximum atomic E-state index is 12.7. The van der Waals surface area contributed by atoms with Crippen LogP contribution in [-0.2, 0) is 7.05 Å². The molecule has 0 aliphatic carbocycles. The van der Waals surface area contributed by atoms with Gasteiger partial charge < -0.3 is 5.32 Å². The third kappa shape index (κ3) is 3.31. The summed E-state index contributed by atoms with van der Waals surface area (Å²) < 4.78 is 3.47. The summed E-state index contributed by atoms with van der Waals surface area (Å²) in [5.41, 5.74) is 4.86. The van der Waals surface area contributed by atoms with Crippen molar-refractivity contribution in [2.45, 2.75) is 27.2 Å². The van der Waals surface area contributed by atoms with Gasteiger partial charge in [-0.3, -0.25) is 9.13 Å². The van der Waals surface area contributed by atoms with E-state index in [0.717, 1.165) is 34.4 Å². The second-order valence-corrected chi connectivity index (χ2v) is 5.70. The van der Waals surface area contributed by atoms with Crippen LogP contribution < -0.4 is 11.0 Å². The summed E-state index contributed by atoms with van der Waals surface area (Å²) in [6, 6.07) is 7.86. The Balaban J connectivity index is 2.64. The molecule has 0 spiro atoms. The van der Waals surface area contributed by atoms with Gasteiger partial charge in [-0.05, 0) is 44.6 Å². The van der Waals surface area contributed by atoms with E-state index in [9.17, 15) is 4.79 Å². The first kappa shape index (κ1) is 16.9. The molecule has 0 aliphatic rings. The van der Waals surface area contributed by atoms with Gasteiger partial charge in [-0.1, -0.05) is 30.7 Å². The fourth-order valence-corrected chi connectivity index (χ4v) is 2.63. The highest BCUT2D eigenvalue weighted by atomic mass is 16.1. The summed E-state index contributed by atoms with van der Waals surface area (Å²) in [7, 11) is 3.71. The van der Waals surface area contributed by atoms with Gasteiger partial charge in [-0.2, -0.15) is 0 Å². The topological polar surface area (TPSA) is 39.0 Å². The average molecular weight is 311 g/mol. The van der Waals surface area contributed by atoms with E-state index in [0.29, 0.717) is 0 Å². The molecule has 0 saturated carbocycles. The molecule has 2 aromatic rings. The number of allylic oxidation sites excluding steroid dienone is 5. The number of rotatable bonds is 5. The fourth-order valence-electron chi connectivity index (χ4n) is 2.63. The Morgan fingerprint density at radius 3 is 2.39 bits per heavy atom. The molecule has 0 atom stereocenters. The number of nitrogens with one attached hydrogen (secondary N) is 1. The van der Waals surface area contributed by atoms with E-state index in [1.807, 2.05) is 64.4 Å². The number of aromatic nitrogens is 2. The zero-order valence-corrected chi connectivity index (χ0v) is 14.6. The van der Waals surface area contributed by atoms with Crippen molar-refractivity contribution >= 4 is 16.7 Å². The number of benzene rings is 1. The zero-order valence-electron chi connectivity index (χ0n) is 14.6. The van der Waals surface area contributed by atoms with Gasteiger partial charge in [0.2, 0.25) is 0 Å². The highest BCUT2D eigenvalue weighted by molar-refractivity contribution is 5.82. The van der Waals surface area contributed by atoms with E-state index >= 15 is 0 Å². The molecule has 0 amide bonds. The van der Waals surface area contributed by atoms with Gasteiger partial charge >= 0.3 is 5.69 Å². The molecule has 122 valence electrons. The predicted molar refractivity (Wildman–Crippen MR) is 98.3 cm³/mol. The van der Waals surface area contributed by atoms with E-state index in [4.69, 9.17) is 0 Å². The minimum atomic E-state index is -0.0301. The van der Waals surface area contributed by atoms with Crippen molar-refractivity contribution in [3.63, 3.8) is 0 Å². The number of para-hydroxylation sites is 2. The van der Waals surface area contributed by atoms with Crippen molar-refractivity contribution in [3.8, 4) is 0 Å². The van der Waals surface area contributed by atoms with E-state index in [2.05, 4.69) is 18.3 Å². The smallest absolute Gasteiger partial charge is 0.333 e. The van der Waals surface area contributed by atoms with Crippen molar-refractivity contribution in [2.24, 2.45) is 7.05 Å². The third-order valence-electron chi connectivity index (χ3n) is 3.85. The Bertz CT molecular complexity index is 843. The first-order valence-electron chi connectivity index (χ1n) is 7.91. The van der Waals surface area contributed by atoms with Crippen LogP contribution in [0.2, 0.25) is 0 Å². The number of hydrogen-bond acceptors (Lipinski definition) is 2. The van der Waals surface area contributed by atoms with Gasteiger partial charge in [0, 0.05) is 25.5 Å². The molecule has 2 rings (SSSR count). The minimum absolute atomic E-state index is 0.0301. The Hall–Kier alpha value is -2.49. The van der Waals surface area contributed by atoms with Crippen LogP contribution in [0.3, 0.4) is 0 Å². The van der Waals surface area contributed by atoms with Crippen LogP contribution in [0.5, 0.6) is 0 Å². The lowest BCUT2D eigenvalue weighted by Gasteiger charge is -2.08. The highest BCUT2D eigenvalue weighted by Crippen LogP contribution is 2.19. The molecule has 23 heavy (non-hydrogen) atoms. The van der Waals surface area contributed by atoms with E-state index in [-0.39, 0.29) is 5.69 Å². The Morgan fingerprint density at radius 2 is 1.83 bits per heavy atom. The van der Waals surface area contributed by atoms with Crippen molar-refractivity contribution in [1.82, 2.24) is 14.5 Å². The molecule has 4 heteroatoms. The van der Waals surface area contributed by atoms with Gasteiger partial charge in [0.05, 0.1) is 11.0 Å². The summed E-state index contributed by atoms with van der Waals surface area (Å²) >= 11 is 0. The summed E-state index contributed by atoms with van der Waals surface area (Å²) in [5.74, 6) is 0. The zero-order chi connectivity index (χ0) is 17.0. The van der Waals surface area contributed by atoms with Gasteiger partial charge in [0.1, 0.15) is 0 Å². The van der Waals surface area contributed by atoms with Crippen LogP contribution in [0, 0.1) is 0 Å². The monoisotopic (exact) mass is 311 g/mol. The molecule has 1 aromatic heterocycles. The number of nitrogens with zero attached hydrogens (tertiary/aromatic N) is 2. The molecule has 0 saturated heterocycles. The van der Waals surface area contributed by atoms with Gasteiger partial charge in [-0.25, -0.2) is 4.79 Å². The number of fused-ring (bicyclic) bond motifs is 1. The average Bonchev–Trinajstić information content (AvgIpc) is 2.79. The summed E-state index contributed by atoms with van der Waals surface area (Å²) in [6.07, 6.45) is 7.09. The van der Waals surface area contributed by atoms with E-state index in [1.165, 1.54) is 0 Å². The second kappa shape index (κ2) is 7.18. The molecule has 0 fully saturated rings. The number of hydrogen-bond donors (Lipinski definition) is 1. The van der Waals surface area contributed by atoms with Gasteiger partial charge in [0.15, 0.2) is 0 Å². The Labute approximate surface area is 137 Å². The third-order valence-corrected chi connectivity index (χ3v) is 3.85. The summed E-state index contributed by atoms with van der Waals surface area (Å²) in [5, 5.41) is 3.16. The molecule has 0 aliphatic heterocycles. The van der Waals surface area contributed by atoms with E-state index in [1.54, 1.807) is 9.13 Å². The number of imidazole rings is 1. The quantitative estimate of drug-likeness (QED) is 0.856. The fraction of sp³-hybridized carbons (Fsp3) is 0.316. The lowest BCUT2D eigenvalue weighted by molar-refractivity contribution is 0.853. The molecule has 0 unspecified atom stereocenters. The van der Waals surface area contributed by atoms with Crippen molar-refractivity contribution in [3.05, 3.63) is 64.2 Å². The molecule has 4 nitrogen and oxygen atoms in total. The molecule has 1 aromatic carbocycles. The van der Waals surface area contributed by atoms with E-state index < -0.39 is 0 Å². The first-order chi connectivity index (χ1) is 11.0. The predicted octanol–water partition coefficient (Wildman–Crippen LogP) is 3.66. The maximum absolute atomic E-state index is 12.7. The first-order valence-corrected chi connectivity index (χ1v) is 7.91. The molecule has 1 N–H and O–H groups in total. The summed E-state index contributed by atoms with van der Waals surface area (Å²) in [4.78, 5) is 12.7. The number of aryl methyl sites for hydroxylation is 1. The lowest BCUT2D eigenvalue weighted by atomic mass is 10.2. The van der Waals surface area contributed by atoms with Crippen molar-refractivity contribution in [1.29, 1.82) is 0 Å². The van der Waals surface area contributed by atoms with Crippen LogP contribution in [-0.4, -0.2) is 16.2 Å². The van der Waals surface area contributed by atoms with Crippen molar-refractivity contribution < 1.29 is 0 Å². The number of likely N-dealkylation sites (N-methyl/N-ethyl adjacent to an activating group) is 1. The standard InChI is InChI=1S/C19H25N3O/c1-6-9-15(20-4)12-13-16(14(2)3)22-18-11-8-7-10-17(18)21(5)19(22)23/h7-13,20H,6H2,1-5H3/b13-12-,15-9+. The van der Waals surface area contributed by atoms with Crippen LogP contribution in [0.25, 0.3) is 16.7 Å². The van der Waals surface area contributed by atoms with Gasteiger partial charge in [0.25, 0.3) is 0 Å². The second-order valence-electron chi connectivity index (χ2n) is 5.70. The molecular weight excluding hydrogens is 286 g/mol. The SMILES string of the molecule is CC/C=C(\C=C/C(=C(C)C)n1c(=O)n(C)c2ccccc21)NC. The van der Waals surface area contributed by atoms with Crippen molar-refractivity contribution in [2.75, 3.05) is 7.05 Å².